The first-order chi connectivity index (χ1) is 14.5. The average molecular weight is 414 g/mol. The van der Waals surface area contributed by atoms with Gasteiger partial charge in [-0.3, -0.25) is 0 Å². The maximum absolute atomic E-state index is 13.1. The molecule has 148 valence electrons. The van der Waals surface area contributed by atoms with Gasteiger partial charge < -0.3 is 9.72 Å². The van der Waals surface area contributed by atoms with E-state index in [0.29, 0.717) is 11.3 Å². The molecule has 0 amide bonds. The highest BCUT2D eigenvalue weighted by molar-refractivity contribution is 7.95. The number of rotatable bonds is 5. The van der Waals surface area contributed by atoms with Crippen molar-refractivity contribution in [3.63, 3.8) is 0 Å². The van der Waals surface area contributed by atoms with Crippen LogP contribution in [0.5, 0.6) is 5.75 Å². The van der Waals surface area contributed by atoms with Gasteiger partial charge in [-0.2, -0.15) is 5.26 Å². The van der Waals surface area contributed by atoms with Crippen molar-refractivity contribution in [1.29, 1.82) is 5.26 Å². The molecule has 1 heterocycles. The molecule has 0 fully saturated rings. The third-order valence-corrected chi connectivity index (χ3v) is 6.52. The summed E-state index contributed by atoms with van der Waals surface area (Å²) in [6.07, 6.45) is 1.43. The highest BCUT2D eigenvalue weighted by atomic mass is 32.2. The number of hydrogen-bond donors (Lipinski definition) is 1. The minimum Gasteiger partial charge on any atom is -0.497 e. The van der Waals surface area contributed by atoms with Crippen molar-refractivity contribution in [2.75, 3.05) is 7.11 Å². The van der Waals surface area contributed by atoms with Gasteiger partial charge in [-0.05, 0) is 42.0 Å². The van der Waals surface area contributed by atoms with Crippen LogP contribution in [0, 0.1) is 11.3 Å². The number of nitrogens with one attached hydrogen (secondary N) is 1. The molecule has 4 aromatic rings. The predicted octanol–water partition coefficient (Wildman–Crippen LogP) is 5.18. The van der Waals surface area contributed by atoms with Gasteiger partial charge in [-0.15, -0.1) is 0 Å². The number of hydrogen-bond acceptors (Lipinski definition) is 4. The monoisotopic (exact) mass is 414 g/mol. The van der Waals surface area contributed by atoms with E-state index in [1.807, 2.05) is 54.6 Å². The standard InChI is InChI=1S/C24H18N2O3S/c1-29-18-12-13-23-21(14-18)22(24(26-23)17-8-4-2-5-9-17)15-20(16-25)30(27,28)19-10-6-3-7-11-19/h2-15,26H,1H3/b20-15+. The molecule has 4 rings (SSSR count). The Morgan fingerprint density at radius 3 is 2.30 bits per heavy atom. The number of allylic oxidation sites excluding steroid dienone is 1. The summed E-state index contributed by atoms with van der Waals surface area (Å²) in [4.78, 5) is 3.10. The van der Waals surface area contributed by atoms with Crippen LogP contribution < -0.4 is 4.74 Å². The smallest absolute Gasteiger partial charge is 0.216 e. The maximum Gasteiger partial charge on any atom is 0.216 e. The van der Waals surface area contributed by atoms with E-state index in [1.165, 1.54) is 18.2 Å². The lowest BCUT2D eigenvalue weighted by Gasteiger charge is -2.05. The lowest BCUT2D eigenvalue weighted by Crippen LogP contribution is -2.03. The highest BCUT2D eigenvalue weighted by Gasteiger charge is 2.22. The van der Waals surface area contributed by atoms with Gasteiger partial charge in [0, 0.05) is 16.5 Å². The van der Waals surface area contributed by atoms with E-state index in [9.17, 15) is 13.7 Å². The van der Waals surface area contributed by atoms with Gasteiger partial charge in [0.05, 0.1) is 17.7 Å². The summed E-state index contributed by atoms with van der Waals surface area (Å²) >= 11 is 0. The molecule has 1 N–H and O–H groups in total. The van der Waals surface area contributed by atoms with E-state index in [-0.39, 0.29) is 9.80 Å². The first-order valence-electron chi connectivity index (χ1n) is 9.21. The molecule has 0 bridgehead atoms. The van der Waals surface area contributed by atoms with Crippen molar-refractivity contribution in [3.05, 3.63) is 89.3 Å². The topological polar surface area (TPSA) is 82.9 Å². The number of nitrogens with zero attached hydrogens (tertiary/aromatic N) is 1. The molecule has 1 aromatic heterocycles. The second kappa shape index (κ2) is 7.90. The number of methoxy groups -OCH3 is 1. The lowest BCUT2D eigenvalue weighted by atomic mass is 10.0. The number of ether oxygens (including phenoxy) is 1. The second-order valence-electron chi connectivity index (χ2n) is 6.63. The number of sulfone groups is 1. The Kier molecular flexibility index (Phi) is 5.13. The van der Waals surface area contributed by atoms with E-state index in [2.05, 4.69) is 4.98 Å². The normalized spacial score (nSPS) is 11.9. The average Bonchev–Trinajstić information content (AvgIpc) is 3.15. The van der Waals surface area contributed by atoms with Gasteiger partial charge in [0.1, 0.15) is 16.7 Å². The van der Waals surface area contributed by atoms with Gasteiger partial charge in [0.25, 0.3) is 0 Å². The molecule has 3 aromatic carbocycles. The molecular formula is C24H18N2O3S. The zero-order valence-corrected chi connectivity index (χ0v) is 17.0. The first-order valence-corrected chi connectivity index (χ1v) is 10.7. The maximum atomic E-state index is 13.1. The number of aromatic nitrogens is 1. The Balaban J connectivity index is 2.00. The van der Waals surface area contributed by atoms with Crippen molar-refractivity contribution in [3.8, 4) is 23.1 Å². The SMILES string of the molecule is COc1ccc2[nH]c(-c3ccccc3)c(/C=C(\C#N)S(=O)(=O)c3ccccc3)c2c1. The fraction of sp³-hybridized carbons (Fsp3) is 0.0417. The number of fused-ring (bicyclic) bond motifs is 1. The van der Waals surface area contributed by atoms with E-state index >= 15 is 0 Å². The van der Waals surface area contributed by atoms with Crippen molar-refractivity contribution in [2.45, 2.75) is 4.90 Å². The zero-order chi connectivity index (χ0) is 21.1. The van der Waals surface area contributed by atoms with Crippen molar-refractivity contribution < 1.29 is 13.2 Å². The van der Waals surface area contributed by atoms with Gasteiger partial charge in [-0.1, -0.05) is 48.5 Å². The Morgan fingerprint density at radius 1 is 1.00 bits per heavy atom. The molecule has 0 radical (unpaired) electrons. The summed E-state index contributed by atoms with van der Waals surface area (Å²) in [6.45, 7) is 0. The number of H-pyrrole nitrogens is 1. The Bertz CT molecular complexity index is 1380. The molecule has 5 nitrogen and oxygen atoms in total. The Hall–Kier alpha value is -3.82. The van der Waals surface area contributed by atoms with Crippen molar-refractivity contribution >= 4 is 26.8 Å². The first kappa shape index (κ1) is 19.5. The molecule has 6 heteroatoms. The van der Waals surface area contributed by atoms with E-state index in [0.717, 1.165) is 22.2 Å². The van der Waals surface area contributed by atoms with Crippen LogP contribution in [0.25, 0.3) is 28.2 Å². The summed E-state index contributed by atoms with van der Waals surface area (Å²) in [5, 5.41) is 10.5. The number of aromatic amines is 1. The summed E-state index contributed by atoms with van der Waals surface area (Å²) in [6, 6.07) is 24.9. The summed E-state index contributed by atoms with van der Waals surface area (Å²) in [5.74, 6) is 0.639. The van der Waals surface area contributed by atoms with Crippen LogP contribution in [-0.2, 0) is 9.84 Å². The van der Waals surface area contributed by atoms with E-state index < -0.39 is 9.84 Å². The molecule has 0 spiro atoms. The summed E-state index contributed by atoms with van der Waals surface area (Å²) in [5.41, 5.74) is 3.05. The Morgan fingerprint density at radius 2 is 1.67 bits per heavy atom. The van der Waals surface area contributed by atoms with Gasteiger partial charge in [-0.25, -0.2) is 8.42 Å². The van der Waals surface area contributed by atoms with Crippen LogP contribution >= 0.6 is 0 Å². The van der Waals surface area contributed by atoms with Crippen LogP contribution in [0.3, 0.4) is 0 Å². The fourth-order valence-corrected chi connectivity index (χ4v) is 4.49. The third-order valence-electron chi connectivity index (χ3n) is 4.84. The summed E-state index contributed by atoms with van der Waals surface area (Å²) in [7, 11) is -2.38. The predicted molar refractivity (Wildman–Crippen MR) is 118 cm³/mol. The lowest BCUT2D eigenvalue weighted by molar-refractivity contribution is 0.415. The van der Waals surface area contributed by atoms with Crippen LogP contribution in [0.4, 0.5) is 0 Å². The molecule has 0 saturated heterocycles. The Labute approximate surface area is 174 Å². The van der Waals surface area contributed by atoms with Gasteiger partial charge >= 0.3 is 0 Å². The molecule has 0 aliphatic rings. The largest absolute Gasteiger partial charge is 0.497 e. The highest BCUT2D eigenvalue weighted by Crippen LogP contribution is 2.35. The molecule has 0 aliphatic heterocycles. The molecule has 0 aliphatic carbocycles. The summed E-state index contributed by atoms with van der Waals surface area (Å²) < 4.78 is 31.5. The quantitative estimate of drug-likeness (QED) is 0.456. The van der Waals surface area contributed by atoms with Gasteiger partial charge in [0.15, 0.2) is 0 Å². The van der Waals surface area contributed by atoms with E-state index in [1.54, 1.807) is 25.3 Å². The molecule has 0 saturated carbocycles. The van der Waals surface area contributed by atoms with E-state index in [4.69, 9.17) is 4.74 Å². The van der Waals surface area contributed by atoms with Crippen molar-refractivity contribution in [2.24, 2.45) is 0 Å². The van der Waals surface area contributed by atoms with Crippen LogP contribution in [0.2, 0.25) is 0 Å². The van der Waals surface area contributed by atoms with Crippen LogP contribution in [0.1, 0.15) is 5.56 Å². The fourth-order valence-electron chi connectivity index (χ4n) is 3.33. The zero-order valence-electron chi connectivity index (χ0n) is 16.2. The number of nitriles is 1. The van der Waals surface area contributed by atoms with Gasteiger partial charge in [0.2, 0.25) is 9.84 Å². The van der Waals surface area contributed by atoms with Crippen LogP contribution in [-0.4, -0.2) is 20.5 Å². The number of benzene rings is 3. The minimum atomic E-state index is -3.96. The second-order valence-corrected chi connectivity index (χ2v) is 8.55. The van der Waals surface area contributed by atoms with Crippen LogP contribution in [0.15, 0.2) is 88.7 Å². The molecule has 0 atom stereocenters. The third kappa shape index (κ3) is 3.47. The molecule has 0 unspecified atom stereocenters. The van der Waals surface area contributed by atoms with Crippen molar-refractivity contribution in [1.82, 2.24) is 4.98 Å². The minimum absolute atomic E-state index is 0.0801. The molecular weight excluding hydrogens is 396 g/mol. The molecule has 30 heavy (non-hydrogen) atoms.